The van der Waals surface area contributed by atoms with Gasteiger partial charge < -0.3 is 0 Å². The Balaban J connectivity index is 2.02. The first-order valence-electron chi connectivity index (χ1n) is 9.13. The first kappa shape index (κ1) is 20.1. The lowest BCUT2D eigenvalue weighted by Crippen LogP contribution is -2.37. The molecule has 1 aromatic carbocycles. The number of nitrogens with zero attached hydrogens (tertiary/aromatic N) is 5. The Labute approximate surface area is 168 Å². The number of nitrogens with one attached hydrogen (secondary N) is 1. The summed E-state index contributed by atoms with van der Waals surface area (Å²) in [5.41, 5.74) is 5.34. The highest BCUT2D eigenvalue weighted by Gasteiger charge is 2.18. The third-order valence-electron chi connectivity index (χ3n) is 4.42. The van der Waals surface area contributed by atoms with Gasteiger partial charge in [-0.15, -0.1) is 0 Å². The summed E-state index contributed by atoms with van der Waals surface area (Å²) in [6.07, 6.45) is 3.83. The fourth-order valence-corrected chi connectivity index (χ4v) is 2.91. The Kier molecular flexibility index (Phi) is 5.63. The molecule has 2 heterocycles. The number of hydrogen-bond donors (Lipinski definition) is 1. The van der Waals surface area contributed by atoms with Gasteiger partial charge in [-0.2, -0.15) is 10.1 Å². The van der Waals surface area contributed by atoms with Crippen LogP contribution < -0.4 is 16.7 Å². The first-order valence-corrected chi connectivity index (χ1v) is 9.13. The van der Waals surface area contributed by atoms with Crippen LogP contribution in [0.2, 0.25) is 0 Å². The summed E-state index contributed by atoms with van der Waals surface area (Å²) in [6, 6.07) is 9.90. The summed E-state index contributed by atoms with van der Waals surface area (Å²) in [6.45, 7) is 8.02. The highest BCUT2D eigenvalue weighted by atomic mass is 16.2. The maximum absolute atomic E-state index is 12.7. The quantitative estimate of drug-likeness (QED) is 0.397. The normalized spacial score (nSPS) is 12.1. The van der Waals surface area contributed by atoms with Crippen LogP contribution in [0.25, 0.3) is 17.2 Å². The van der Waals surface area contributed by atoms with E-state index in [1.54, 1.807) is 11.6 Å². The zero-order chi connectivity index (χ0) is 21.1. The Morgan fingerprint density at radius 2 is 1.86 bits per heavy atom. The van der Waals surface area contributed by atoms with Crippen LogP contribution in [0.3, 0.4) is 0 Å². The minimum atomic E-state index is -0.431. The first-order chi connectivity index (χ1) is 13.8. The number of imidazole rings is 1. The zero-order valence-electron chi connectivity index (χ0n) is 17.0. The molecule has 8 heteroatoms. The zero-order valence-corrected chi connectivity index (χ0v) is 17.0. The highest BCUT2D eigenvalue weighted by Crippen LogP contribution is 2.17. The molecule has 0 atom stereocenters. The molecule has 3 rings (SSSR count). The molecule has 0 radical (unpaired) electrons. The van der Waals surface area contributed by atoms with E-state index in [1.165, 1.54) is 11.6 Å². The second-order valence-electron chi connectivity index (χ2n) is 6.97. The summed E-state index contributed by atoms with van der Waals surface area (Å²) >= 11 is 0. The molecule has 0 fully saturated rings. The summed E-state index contributed by atoms with van der Waals surface area (Å²) in [5.74, 6) is 0.369. The van der Waals surface area contributed by atoms with Gasteiger partial charge in [0.25, 0.3) is 5.56 Å². The van der Waals surface area contributed by atoms with E-state index in [4.69, 9.17) is 0 Å². The number of benzene rings is 1. The summed E-state index contributed by atoms with van der Waals surface area (Å²) in [5, 5.41) is 4.35. The maximum Gasteiger partial charge on any atom is 0.332 e. The standard InChI is InChI=1S/C21H24N6O2/c1-14(2)13-27-17-18(25(4)21(29)26(5)19(17)28)22-20(27)24-23-15(3)11-12-16-9-7-6-8-10-16/h6-12H,1,13H2,2-5H3,(H,22,24)/b12-11+,23-15+. The van der Waals surface area contributed by atoms with Crippen molar-refractivity contribution in [2.24, 2.45) is 19.2 Å². The maximum atomic E-state index is 12.7. The molecule has 0 aliphatic heterocycles. The molecule has 0 aliphatic rings. The second kappa shape index (κ2) is 8.14. The summed E-state index contributed by atoms with van der Waals surface area (Å²) in [7, 11) is 3.04. The molecule has 0 saturated heterocycles. The van der Waals surface area contributed by atoms with Crippen molar-refractivity contribution in [2.75, 3.05) is 5.43 Å². The molecule has 0 spiro atoms. The number of hydrogen-bond acceptors (Lipinski definition) is 5. The van der Waals surface area contributed by atoms with E-state index in [0.717, 1.165) is 21.4 Å². The molecule has 0 bridgehead atoms. The Morgan fingerprint density at radius 3 is 2.52 bits per heavy atom. The van der Waals surface area contributed by atoms with Gasteiger partial charge in [0.05, 0.1) is 5.71 Å². The summed E-state index contributed by atoms with van der Waals surface area (Å²) < 4.78 is 4.11. The number of allylic oxidation sites excluding steroid dienone is 2. The van der Waals surface area contributed by atoms with Crippen LogP contribution in [0.4, 0.5) is 5.95 Å². The SMILES string of the molecule is C=C(C)Cn1c(N/N=C(C)/C=C/c2ccccc2)nc2c1c(=O)n(C)c(=O)n2C. The van der Waals surface area contributed by atoms with Gasteiger partial charge in [0.1, 0.15) is 0 Å². The van der Waals surface area contributed by atoms with Gasteiger partial charge in [-0.3, -0.25) is 18.5 Å². The van der Waals surface area contributed by atoms with Crippen LogP contribution in [0, 0.1) is 0 Å². The van der Waals surface area contributed by atoms with E-state index >= 15 is 0 Å². The van der Waals surface area contributed by atoms with Gasteiger partial charge in [-0.25, -0.2) is 10.2 Å². The van der Waals surface area contributed by atoms with Crippen molar-refractivity contribution in [2.45, 2.75) is 20.4 Å². The van der Waals surface area contributed by atoms with Crippen molar-refractivity contribution in [3.05, 3.63) is 75.0 Å². The lowest BCUT2D eigenvalue weighted by atomic mass is 10.2. The number of aromatic nitrogens is 4. The third-order valence-corrected chi connectivity index (χ3v) is 4.42. The lowest BCUT2D eigenvalue weighted by Gasteiger charge is -2.09. The molecular weight excluding hydrogens is 368 g/mol. The number of fused-ring (bicyclic) bond motifs is 1. The molecule has 3 aromatic rings. The van der Waals surface area contributed by atoms with Crippen molar-refractivity contribution in [1.29, 1.82) is 0 Å². The molecule has 0 saturated carbocycles. The average Bonchev–Trinajstić information content (AvgIpc) is 3.06. The van der Waals surface area contributed by atoms with Gasteiger partial charge in [0.15, 0.2) is 11.2 Å². The average molecular weight is 392 g/mol. The summed E-state index contributed by atoms with van der Waals surface area (Å²) in [4.78, 5) is 29.4. The van der Waals surface area contributed by atoms with Crippen LogP contribution in [0.5, 0.6) is 0 Å². The number of aryl methyl sites for hydroxylation is 1. The Bertz CT molecular complexity index is 1240. The minimum absolute atomic E-state index is 0.300. The van der Waals surface area contributed by atoms with E-state index in [-0.39, 0.29) is 0 Å². The predicted octanol–water partition coefficient (Wildman–Crippen LogP) is 2.51. The van der Waals surface area contributed by atoms with Gasteiger partial charge in [0.2, 0.25) is 5.95 Å². The van der Waals surface area contributed by atoms with Crippen molar-refractivity contribution in [1.82, 2.24) is 18.7 Å². The van der Waals surface area contributed by atoms with Crippen LogP contribution in [0.15, 0.2) is 63.3 Å². The van der Waals surface area contributed by atoms with Gasteiger partial charge in [-0.1, -0.05) is 48.6 Å². The van der Waals surface area contributed by atoms with Gasteiger partial charge in [-0.05, 0) is 25.5 Å². The van der Waals surface area contributed by atoms with Crippen molar-refractivity contribution < 1.29 is 0 Å². The molecule has 1 N–H and O–H groups in total. The smallest absolute Gasteiger partial charge is 0.299 e. The molecule has 150 valence electrons. The van der Waals surface area contributed by atoms with Crippen LogP contribution in [-0.2, 0) is 20.6 Å². The lowest BCUT2D eigenvalue weighted by molar-refractivity contribution is 0.702. The molecule has 0 aliphatic carbocycles. The molecule has 2 aromatic heterocycles. The number of rotatable bonds is 6. The largest absolute Gasteiger partial charge is 0.332 e. The van der Waals surface area contributed by atoms with Crippen LogP contribution in [-0.4, -0.2) is 24.4 Å². The fraction of sp³-hybridized carbons (Fsp3) is 0.238. The predicted molar refractivity (Wildman–Crippen MR) is 117 cm³/mol. The fourth-order valence-electron chi connectivity index (χ4n) is 2.91. The third kappa shape index (κ3) is 4.11. The van der Waals surface area contributed by atoms with E-state index in [9.17, 15) is 9.59 Å². The highest BCUT2D eigenvalue weighted by molar-refractivity contribution is 5.96. The van der Waals surface area contributed by atoms with Gasteiger partial charge >= 0.3 is 5.69 Å². The monoisotopic (exact) mass is 392 g/mol. The Morgan fingerprint density at radius 1 is 1.17 bits per heavy atom. The molecular formula is C21H24N6O2. The molecule has 8 nitrogen and oxygen atoms in total. The Hall–Kier alpha value is -3.68. The van der Waals surface area contributed by atoms with E-state index in [1.807, 2.05) is 56.3 Å². The van der Waals surface area contributed by atoms with Gasteiger partial charge in [0, 0.05) is 20.6 Å². The minimum Gasteiger partial charge on any atom is -0.299 e. The van der Waals surface area contributed by atoms with Crippen LogP contribution in [0.1, 0.15) is 19.4 Å². The van der Waals surface area contributed by atoms with Crippen LogP contribution >= 0.6 is 0 Å². The number of anilines is 1. The van der Waals surface area contributed by atoms with Crippen molar-refractivity contribution >= 4 is 28.9 Å². The van der Waals surface area contributed by atoms with E-state index < -0.39 is 11.2 Å². The second-order valence-corrected chi connectivity index (χ2v) is 6.97. The molecule has 0 amide bonds. The molecule has 29 heavy (non-hydrogen) atoms. The van der Waals surface area contributed by atoms with E-state index in [2.05, 4.69) is 22.1 Å². The molecule has 0 unspecified atom stereocenters. The van der Waals surface area contributed by atoms with Crippen molar-refractivity contribution in [3.8, 4) is 0 Å². The topological polar surface area (TPSA) is 86.2 Å². The van der Waals surface area contributed by atoms with E-state index in [0.29, 0.717) is 23.7 Å². The van der Waals surface area contributed by atoms with Crippen molar-refractivity contribution in [3.63, 3.8) is 0 Å². The number of hydrazone groups is 1.